The van der Waals surface area contributed by atoms with E-state index in [-0.39, 0.29) is 105 Å². The summed E-state index contributed by atoms with van der Waals surface area (Å²) in [5, 5.41) is 143. The van der Waals surface area contributed by atoms with E-state index in [9.17, 15) is 142 Å². The van der Waals surface area contributed by atoms with E-state index in [2.05, 4.69) is 74.4 Å². The SMILES string of the molecule is CC[C@H](C)[C@@H]([C@@H](CC(=O)N1CCC[C@H]1[C@H](OC)[C@@H](C)C(=O)N[C@@H](Cc1ccccc1)C(=O)NCCCOC(=O)C(C)NC(=O)CC(NC(=O)CCNC(=O)OCC(NC(=O)CNC(=O)CNC(=O)CNC(=O)CNC(=O)CCNC(=O)CCOCC(C)(C)C)C(=O)NC(CCC(=O)CC[C@H](O)[C@@H](O)[C@H](O)[C@H](O)CO)C(=O)NC[C@H](O)[C@@H](O)[C@H](O)[C@H](O)CO)C(=O)O)OC)N(C)C(=O)[C@@H](NC(=O)[C@H](C(C)C)N(C)C)C(C)C. The van der Waals surface area contributed by atoms with E-state index in [1.807, 2.05) is 62.3 Å². The smallest absolute Gasteiger partial charge is 0.407 e. The van der Waals surface area contributed by atoms with Crippen LogP contribution in [-0.4, -0.2) is 433 Å². The molecule has 0 bridgehead atoms. The molecule has 52 heteroatoms. The molecule has 52 nitrogen and oxygen atoms in total. The van der Waals surface area contributed by atoms with Crippen molar-refractivity contribution in [2.45, 2.75) is 281 Å². The lowest BCUT2D eigenvalue weighted by atomic mass is 9.89. The molecule has 146 heavy (non-hydrogen) atoms. The maximum Gasteiger partial charge on any atom is 0.407 e. The number of amides is 16. The number of carboxylic acid groups (broad SMARTS) is 1. The number of likely N-dealkylation sites (tertiary alicyclic amines) is 1. The van der Waals surface area contributed by atoms with Gasteiger partial charge in [0.1, 0.15) is 85.3 Å². The van der Waals surface area contributed by atoms with E-state index < -0.39 is 308 Å². The molecule has 16 amide bonds. The third-order valence-corrected chi connectivity index (χ3v) is 23.8. The van der Waals surface area contributed by atoms with E-state index in [1.54, 1.807) is 73.1 Å². The highest BCUT2D eigenvalue weighted by Gasteiger charge is 2.45. The third-order valence-electron chi connectivity index (χ3n) is 23.8. The van der Waals surface area contributed by atoms with E-state index in [1.165, 1.54) is 21.1 Å². The van der Waals surface area contributed by atoms with Crippen molar-refractivity contribution in [3.05, 3.63) is 35.9 Å². The molecule has 1 aliphatic rings. The summed E-state index contributed by atoms with van der Waals surface area (Å²) in [6.07, 6.45) is -22.6. The minimum absolute atomic E-state index is 0.00387. The number of alkyl carbamates (subject to hydrolysis) is 1. The van der Waals surface area contributed by atoms with Gasteiger partial charge in [0.2, 0.25) is 88.6 Å². The standard InChI is InChI=1S/C94H159N17O35/c1-17-53(6)79(110(14)90(137)77(51(2)3)108-89(136)78(52(4)5)109(12)13)67(142-15)41-76(127)111-36-21-25-62(111)84(143-16)54(7)85(132)107-59(39-56-23-19-18-20-24-56)87(134)96-33-22-37-145-92(140)55(8)103-71(122)40-60(91(138)139)104-70(121)31-35-97-93(141)146-49-61(105-75(126)46-101-74(125)45-100-73(124)44-99-72(123)43-98-68(119)30-34-95-69(120)32-38-144-50-94(9,10)11)88(135)106-58(86(133)102-42-64(116)81(129)83(131)66(118)48-113)28-26-57(114)27-29-63(115)80(128)82(130)65(117)47-112/h18-20,23-24,51-55,58-67,77-84,112-113,115-118,128-131H,17,21-22,25-50H2,1-16H3,(H,95,120)(H,96,134)(H,97,141)(H,98,119)(H,99,123)(H,100,124)(H,101,125)(H,102,133)(H,103,122)(H,104,121)(H,105,126)(H,106,135)(H,107,132)(H,108,136)(H,138,139)/t53-,54+,55?,58?,59-,60?,61?,62-,63-,64-,65+,66+,67+,77-,78-,79-,80+,81+,82+,83+,84+/m0/s1. The fourth-order valence-corrected chi connectivity index (χ4v) is 15.4. The van der Waals surface area contributed by atoms with Gasteiger partial charge in [-0.1, -0.05) is 106 Å². The Labute approximate surface area is 849 Å². The number of carbonyl (C=O) groups is 19. The molecule has 1 heterocycles. The van der Waals surface area contributed by atoms with Crippen LogP contribution >= 0.6 is 0 Å². The number of esters is 1. The molecule has 0 aliphatic carbocycles. The number of Topliss-reactive ketones (excluding diaryl/α,β-unsaturated/α-hetero) is 1. The lowest BCUT2D eigenvalue weighted by Crippen LogP contribution is -2.59. The maximum absolute atomic E-state index is 14.7. The number of hydrogen-bond acceptors (Lipinski definition) is 35. The van der Waals surface area contributed by atoms with Crippen molar-refractivity contribution in [3.8, 4) is 0 Å². The highest BCUT2D eigenvalue weighted by atomic mass is 16.6. The zero-order chi connectivity index (χ0) is 111. The highest BCUT2D eigenvalue weighted by Crippen LogP contribution is 2.31. The number of rotatable bonds is 71. The Morgan fingerprint density at radius 3 is 1.58 bits per heavy atom. The number of hydrogen-bond donors (Lipinski definition) is 25. The van der Waals surface area contributed by atoms with Crippen LogP contribution in [0.2, 0.25) is 0 Å². The van der Waals surface area contributed by atoms with E-state index in [0.717, 1.165) is 0 Å². The molecule has 2 rings (SSSR count). The number of nitrogens with zero attached hydrogens (tertiary/aromatic N) is 3. The summed E-state index contributed by atoms with van der Waals surface area (Å²) in [5.41, 5.74) is 0.577. The molecule has 1 fully saturated rings. The fourth-order valence-electron chi connectivity index (χ4n) is 15.4. The molecule has 1 aromatic carbocycles. The number of nitrogens with one attached hydrogen (secondary N) is 14. The molecular formula is C94H159N17O35. The van der Waals surface area contributed by atoms with Crippen molar-refractivity contribution >= 4 is 112 Å². The van der Waals surface area contributed by atoms with Crippen LogP contribution in [-0.2, 0) is 116 Å². The number of ketones is 1. The number of ether oxygens (including phenoxy) is 5. The Balaban J connectivity index is 2.21. The van der Waals surface area contributed by atoms with Crippen molar-refractivity contribution in [2.24, 2.45) is 29.1 Å². The summed E-state index contributed by atoms with van der Waals surface area (Å²) < 4.78 is 28.0. The molecule has 1 aromatic rings. The van der Waals surface area contributed by atoms with Crippen LogP contribution in [0.1, 0.15) is 165 Å². The van der Waals surface area contributed by atoms with Crippen LogP contribution in [0, 0.1) is 29.1 Å². The zero-order valence-corrected chi connectivity index (χ0v) is 86.2. The first kappa shape index (κ1) is 131. The Morgan fingerprint density at radius 2 is 1.03 bits per heavy atom. The van der Waals surface area contributed by atoms with Crippen LogP contribution in [0.15, 0.2) is 30.3 Å². The molecule has 830 valence electrons. The molecule has 1 aliphatic heterocycles. The summed E-state index contributed by atoms with van der Waals surface area (Å²) in [6, 6.07) is -2.42. The van der Waals surface area contributed by atoms with Crippen molar-refractivity contribution < 1.29 is 171 Å². The van der Waals surface area contributed by atoms with E-state index in [4.69, 9.17) is 28.8 Å². The number of carboxylic acids is 1. The van der Waals surface area contributed by atoms with Gasteiger partial charge in [0.15, 0.2) is 0 Å². The first-order valence-corrected chi connectivity index (χ1v) is 48.6. The monoisotopic (exact) mass is 2090 g/mol. The second-order valence-corrected chi connectivity index (χ2v) is 38.0. The molecule has 21 atom stereocenters. The van der Waals surface area contributed by atoms with Gasteiger partial charge in [0.05, 0.1) is 121 Å². The topological polar surface area (TPSA) is 771 Å². The number of aliphatic carboxylic acids is 1. The number of aliphatic hydroxyl groups is 10. The molecule has 25 N–H and O–H groups in total. The predicted octanol–water partition coefficient (Wildman–Crippen LogP) is -8.50. The lowest BCUT2D eigenvalue weighted by Gasteiger charge is -2.41. The average molecular weight is 2090 g/mol. The van der Waals surface area contributed by atoms with Gasteiger partial charge in [0, 0.05) is 92.5 Å². The zero-order valence-electron chi connectivity index (χ0n) is 86.2. The molecule has 0 radical (unpaired) electrons. The Hall–Kier alpha value is -11.4. The van der Waals surface area contributed by atoms with Crippen molar-refractivity contribution in [1.29, 1.82) is 0 Å². The van der Waals surface area contributed by atoms with Crippen LogP contribution in [0.25, 0.3) is 0 Å². The largest absolute Gasteiger partial charge is 0.480 e. The molecule has 0 spiro atoms. The van der Waals surface area contributed by atoms with Crippen molar-refractivity contribution in [1.82, 2.24) is 89.1 Å². The van der Waals surface area contributed by atoms with Gasteiger partial charge in [0.25, 0.3) is 0 Å². The number of benzene rings is 1. The van der Waals surface area contributed by atoms with Crippen molar-refractivity contribution in [2.75, 3.05) is 134 Å². The Morgan fingerprint density at radius 1 is 0.500 bits per heavy atom. The Bertz CT molecular complexity index is 4320. The maximum atomic E-state index is 14.7. The minimum atomic E-state index is -2.24. The Kier molecular flexibility index (Phi) is 61.0. The van der Waals surface area contributed by atoms with Crippen LogP contribution < -0.4 is 74.4 Å². The third kappa shape index (κ3) is 48.9. The molecule has 0 aromatic heterocycles. The van der Waals surface area contributed by atoms with Gasteiger partial charge in [-0.15, -0.1) is 0 Å². The predicted molar refractivity (Wildman–Crippen MR) is 519 cm³/mol. The summed E-state index contributed by atoms with van der Waals surface area (Å²) in [6.45, 7) is 12.4. The summed E-state index contributed by atoms with van der Waals surface area (Å²) >= 11 is 0. The number of aliphatic hydroxyl groups excluding tert-OH is 10. The number of methoxy groups -OCH3 is 2. The van der Waals surface area contributed by atoms with Gasteiger partial charge >= 0.3 is 18.0 Å². The van der Waals surface area contributed by atoms with Gasteiger partial charge < -0.3 is 164 Å². The normalized spacial score (nSPS) is 16.7. The summed E-state index contributed by atoms with van der Waals surface area (Å²) in [4.78, 5) is 258. The average Bonchev–Trinajstić information content (AvgIpc) is 1.64. The van der Waals surface area contributed by atoms with Crippen LogP contribution in [0.3, 0.4) is 0 Å². The second-order valence-electron chi connectivity index (χ2n) is 38.0. The molecule has 1 saturated heterocycles. The minimum Gasteiger partial charge on any atom is -0.480 e. The lowest BCUT2D eigenvalue weighted by molar-refractivity contribution is -0.148. The molecule has 0 saturated carbocycles. The van der Waals surface area contributed by atoms with E-state index >= 15 is 0 Å². The van der Waals surface area contributed by atoms with Crippen LogP contribution in [0.5, 0.6) is 0 Å². The van der Waals surface area contributed by atoms with Crippen LogP contribution in [0.4, 0.5) is 4.79 Å². The number of carbonyl (C=O) groups excluding carboxylic acids is 18. The number of likely N-dealkylation sites (N-methyl/N-ethyl adjacent to an activating group) is 2. The van der Waals surface area contributed by atoms with Gasteiger partial charge in [-0.2, -0.15) is 0 Å². The van der Waals surface area contributed by atoms with E-state index in [0.29, 0.717) is 38.0 Å². The summed E-state index contributed by atoms with van der Waals surface area (Å²) in [7, 11) is 8.15. The first-order valence-electron chi connectivity index (χ1n) is 48.6. The molecular weight excluding hydrogens is 1930 g/mol. The highest BCUT2D eigenvalue weighted by molar-refractivity contribution is 5.96. The first-order chi connectivity index (χ1) is 68.6. The molecule has 4 unspecified atom stereocenters. The van der Waals surface area contributed by atoms with Gasteiger partial charge in [-0.25, -0.2) is 14.4 Å². The summed E-state index contributed by atoms with van der Waals surface area (Å²) in [5.74, 6) is -17.1. The van der Waals surface area contributed by atoms with Gasteiger partial charge in [-0.3, -0.25) is 81.6 Å². The van der Waals surface area contributed by atoms with Crippen molar-refractivity contribution in [3.63, 3.8) is 0 Å². The van der Waals surface area contributed by atoms with Gasteiger partial charge in [-0.05, 0) is 81.9 Å². The quantitative estimate of drug-likeness (QED) is 0.0213. The second kappa shape index (κ2) is 68.2. The fraction of sp³-hybridized carbons (Fsp3) is 0.734.